The van der Waals surface area contributed by atoms with E-state index in [2.05, 4.69) is 26.0 Å². The van der Waals surface area contributed by atoms with Gasteiger partial charge in [-0.15, -0.1) is 0 Å². The third kappa shape index (κ3) is 6.87. The number of rotatable bonds is 9. The van der Waals surface area contributed by atoms with Crippen LogP contribution in [0.2, 0.25) is 0 Å². The third-order valence-electron chi connectivity index (χ3n) is 15.4. The molecule has 14 nitrogen and oxygen atoms in total. The summed E-state index contributed by atoms with van der Waals surface area (Å²) in [6.07, 6.45) is -3.96. The van der Waals surface area contributed by atoms with E-state index in [4.69, 9.17) is 23.7 Å². The van der Waals surface area contributed by atoms with Crippen LogP contribution in [0.4, 0.5) is 0 Å². The van der Waals surface area contributed by atoms with E-state index in [-0.39, 0.29) is 46.6 Å². The number of allylic oxidation sites excluding steroid dienone is 4. The first-order valence-electron chi connectivity index (χ1n) is 20.6. The maximum absolute atomic E-state index is 13.7. The van der Waals surface area contributed by atoms with E-state index >= 15 is 0 Å². The maximum Gasteiger partial charge on any atom is 0.309 e. The van der Waals surface area contributed by atoms with Crippen molar-refractivity contribution in [1.82, 2.24) is 0 Å². The number of aliphatic hydroxyl groups excluding tert-OH is 8. The zero-order valence-corrected chi connectivity index (χ0v) is 32.8. The molecule has 3 heterocycles. The standard InChI is InChI=1S/C41H64O14/c1-19(2)41(20(3)44)15-11-24(36(50)55-41)26-9-8-25-23-7-6-21-16-22(10-13-39(21,4)27(23)12-14-40(25,26)5)51-38-35(33(48)31(46)29(18-43)53-38)54-37-34(49)32(47)30(45)28(17-42)52-37/h7,12,19-22,24-26,28-35,37-38,42-49H,6,8-11,13-18H2,1-5H3/t20-,21+,22+,24-,25+,26-,28-,29-,30+,31-,32+,33+,34-,35-,37+,38-,39+,40+,41-/m1/s1. The van der Waals surface area contributed by atoms with Crippen LogP contribution in [0.3, 0.4) is 0 Å². The predicted molar refractivity (Wildman–Crippen MR) is 195 cm³/mol. The Morgan fingerprint density at radius 2 is 1.49 bits per heavy atom. The molecule has 7 aliphatic rings. The van der Waals surface area contributed by atoms with Gasteiger partial charge in [-0.05, 0) is 110 Å². The van der Waals surface area contributed by atoms with Crippen molar-refractivity contribution >= 4 is 5.97 Å². The van der Waals surface area contributed by atoms with Gasteiger partial charge in [0, 0.05) is 0 Å². The summed E-state index contributed by atoms with van der Waals surface area (Å²) in [5, 5.41) is 83.3. The largest absolute Gasteiger partial charge is 0.456 e. The van der Waals surface area contributed by atoms with Gasteiger partial charge >= 0.3 is 5.97 Å². The van der Waals surface area contributed by atoms with Gasteiger partial charge in [-0.2, -0.15) is 0 Å². The number of fused-ring (bicyclic) bond motifs is 5. The molecule has 19 atom stereocenters. The molecule has 0 aromatic carbocycles. The van der Waals surface area contributed by atoms with Gasteiger partial charge in [-0.1, -0.05) is 39.8 Å². The van der Waals surface area contributed by atoms with Gasteiger partial charge in [-0.25, -0.2) is 0 Å². The van der Waals surface area contributed by atoms with Crippen molar-refractivity contribution in [2.75, 3.05) is 13.2 Å². The molecule has 0 spiro atoms. The smallest absolute Gasteiger partial charge is 0.309 e. The molecule has 3 saturated heterocycles. The molecule has 0 aromatic heterocycles. The van der Waals surface area contributed by atoms with Gasteiger partial charge in [0.1, 0.15) is 54.4 Å². The van der Waals surface area contributed by atoms with Crippen molar-refractivity contribution < 1.29 is 69.3 Å². The molecule has 8 N–H and O–H groups in total. The first-order chi connectivity index (χ1) is 26.0. The lowest BCUT2D eigenvalue weighted by atomic mass is 9.51. The Morgan fingerprint density at radius 3 is 2.13 bits per heavy atom. The first kappa shape index (κ1) is 41.6. The number of carbonyl (C=O) groups is 1. The second-order valence-corrected chi connectivity index (χ2v) is 18.5. The Balaban J connectivity index is 1.04. The van der Waals surface area contributed by atoms with Crippen LogP contribution >= 0.6 is 0 Å². The highest BCUT2D eigenvalue weighted by atomic mass is 16.8. The number of esters is 1. The summed E-state index contributed by atoms with van der Waals surface area (Å²) in [4.78, 5) is 13.7. The average Bonchev–Trinajstić information content (AvgIpc) is 3.51. The van der Waals surface area contributed by atoms with Crippen molar-refractivity contribution in [1.29, 1.82) is 0 Å². The highest BCUT2D eigenvalue weighted by Gasteiger charge is 2.60. The monoisotopic (exact) mass is 780 g/mol. The summed E-state index contributed by atoms with van der Waals surface area (Å²) in [5.41, 5.74) is 1.78. The van der Waals surface area contributed by atoms with Crippen molar-refractivity contribution in [2.45, 2.75) is 172 Å². The number of ether oxygens (including phenoxy) is 5. The lowest BCUT2D eigenvalue weighted by Crippen LogP contribution is -2.65. The van der Waals surface area contributed by atoms with E-state index in [1.807, 2.05) is 13.8 Å². The Bertz CT molecular complexity index is 1460. The van der Waals surface area contributed by atoms with Crippen LogP contribution in [0.25, 0.3) is 0 Å². The van der Waals surface area contributed by atoms with Crippen molar-refractivity contribution in [3.8, 4) is 0 Å². The van der Waals surface area contributed by atoms with E-state index < -0.39 is 86.3 Å². The van der Waals surface area contributed by atoms with E-state index in [9.17, 15) is 45.6 Å². The van der Waals surface area contributed by atoms with Crippen LogP contribution < -0.4 is 0 Å². The van der Waals surface area contributed by atoms with Crippen LogP contribution in [-0.2, 0) is 28.5 Å². The Hall–Kier alpha value is -1.53. The number of hydrogen-bond acceptors (Lipinski definition) is 14. The second kappa shape index (κ2) is 15.6. The highest BCUT2D eigenvalue weighted by molar-refractivity contribution is 5.74. The molecule has 14 heteroatoms. The molecular weight excluding hydrogens is 716 g/mol. The molecule has 2 saturated carbocycles. The van der Waals surface area contributed by atoms with E-state index in [0.717, 1.165) is 38.5 Å². The Kier molecular flexibility index (Phi) is 11.8. The van der Waals surface area contributed by atoms with E-state index in [1.54, 1.807) is 6.92 Å². The average molecular weight is 781 g/mol. The quantitative estimate of drug-likeness (QED) is 0.154. The molecule has 55 heavy (non-hydrogen) atoms. The molecule has 0 amide bonds. The summed E-state index contributed by atoms with van der Waals surface area (Å²) in [7, 11) is 0. The first-order valence-corrected chi connectivity index (χ1v) is 20.6. The number of aliphatic hydroxyl groups is 8. The molecule has 0 aromatic rings. The summed E-state index contributed by atoms with van der Waals surface area (Å²) in [6.45, 7) is 9.17. The van der Waals surface area contributed by atoms with Crippen LogP contribution in [0.15, 0.2) is 23.3 Å². The minimum absolute atomic E-state index is 0.0180. The summed E-state index contributed by atoms with van der Waals surface area (Å²) < 4.78 is 30.0. The second-order valence-electron chi connectivity index (χ2n) is 18.5. The lowest BCUT2D eigenvalue weighted by molar-refractivity contribution is -0.372. The molecule has 7 rings (SSSR count). The molecule has 3 aliphatic heterocycles. The number of hydrogen-bond donors (Lipinski definition) is 8. The predicted octanol–water partition coefficient (Wildman–Crippen LogP) is 1.22. The molecule has 312 valence electrons. The fraction of sp³-hybridized carbons (Fsp3) is 0.878. The van der Waals surface area contributed by atoms with Gasteiger partial charge in [0.2, 0.25) is 0 Å². The van der Waals surface area contributed by atoms with Crippen molar-refractivity contribution in [2.24, 2.45) is 40.4 Å². The number of cyclic esters (lactones) is 1. The van der Waals surface area contributed by atoms with E-state index in [0.29, 0.717) is 25.2 Å². The zero-order chi connectivity index (χ0) is 39.8. The number of carbonyl (C=O) groups excluding carboxylic acids is 1. The molecule has 4 aliphatic carbocycles. The molecule has 5 fully saturated rings. The van der Waals surface area contributed by atoms with Gasteiger partial charge in [0.15, 0.2) is 12.6 Å². The van der Waals surface area contributed by atoms with Gasteiger partial charge in [0.05, 0.1) is 31.3 Å². The maximum atomic E-state index is 13.7. The van der Waals surface area contributed by atoms with Crippen LogP contribution in [0.5, 0.6) is 0 Å². The molecule has 0 unspecified atom stereocenters. The fourth-order valence-electron chi connectivity index (χ4n) is 11.8. The Labute approximate surface area is 323 Å². The molecule has 0 radical (unpaired) electrons. The SMILES string of the molecule is CC(C)[C@@]1([C@@H](C)O)CC[C@H]([C@H]2CC[C@H]3C4=CC[C@H]5C[C@@H](O[C@@H]6O[C@H](CO)[C@@H](O)[C@H](O)[C@H]6O[C@@H]6O[C@H](CO)[C@H](O)[C@H](O)[C@H]6O)CC[C@]5(C)C4=CC[C@]23C)C(=O)O1. The zero-order valence-electron chi connectivity index (χ0n) is 32.8. The Morgan fingerprint density at radius 1 is 0.818 bits per heavy atom. The minimum Gasteiger partial charge on any atom is -0.456 e. The van der Waals surface area contributed by atoms with Gasteiger partial charge in [0.25, 0.3) is 0 Å². The molecular formula is C41H64O14. The van der Waals surface area contributed by atoms with Crippen LogP contribution in [0.1, 0.15) is 92.4 Å². The van der Waals surface area contributed by atoms with Crippen LogP contribution in [0, 0.1) is 40.4 Å². The third-order valence-corrected chi connectivity index (χ3v) is 15.4. The highest BCUT2D eigenvalue weighted by Crippen LogP contribution is 2.65. The lowest BCUT2D eigenvalue weighted by Gasteiger charge is -2.54. The van der Waals surface area contributed by atoms with Gasteiger partial charge < -0.3 is 64.5 Å². The topological polar surface area (TPSA) is 225 Å². The minimum atomic E-state index is -1.74. The van der Waals surface area contributed by atoms with Crippen LogP contribution in [-0.4, -0.2) is 139 Å². The van der Waals surface area contributed by atoms with Gasteiger partial charge in [-0.3, -0.25) is 4.79 Å². The van der Waals surface area contributed by atoms with Crippen molar-refractivity contribution in [3.05, 3.63) is 23.3 Å². The van der Waals surface area contributed by atoms with E-state index in [1.165, 1.54) is 11.1 Å². The molecule has 0 bridgehead atoms. The fourth-order valence-corrected chi connectivity index (χ4v) is 11.8. The van der Waals surface area contributed by atoms with Crippen molar-refractivity contribution in [3.63, 3.8) is 0 Å². The summed E-state index contributed by atoms with van der Waals surface area (Å²) in [5.74, 6) is 0.437. The normalized spacial score (nSPS) is 50.7. The summed E-state index contributed by atoms with van der Waals surface area (Å²) in [6, 6.07) is 0. The summed E-state index contributed by atoms with van der Waals surface area (Å²) >= 11 is 0.